The van der Waals surface area contributed by atoms with Crippen LogP contribution >= 0.6 is 34.7 Å². The van der Waals surface area contributed by atoms with Gasteiger partial charge in [0.15, 0.2) is 5.13 Å². The quantitative estimate of drug-likeness (QED) is 0.467. The van der Waals surface area contributed by atoms with Gasteiger partial charge in [0.1, 0.15) is 11.1 Å². The number of benzene rings is 1. The van der Waals surface area contributed by atoms with Crippen LogP contribution < -0.4 is 5.32 Å². The second-order valence-electron chi connectivity index (χ2n) is 6.28. The molecule has 1 aromatic carbocycles. The van der Waals surface area contributed by atoms with Crippen molar-refractivity contribution in [1.82, 2.24) is 9.97 Å². The summed E-state index contributed by atoms with van der Waals surface area (Å²) in [5, 5.41) is 15.3. The number of anilines is 1. The Kier molecular flexibility index (Phi) is 7.26. The molecule has 148 valence electrons. The van der Waals surface area contributed by atoms with E-state index in [1.54, 1.807) is 19.1 Å². The van der Waals surface area contributed by atoms with E-state index in [4.69, 9.17) is 11.6 Å². The lowest BCUT2D eigenvalue weighted by atomic mass is 10.2. The minimum absolute atomic E-state index is 0.193. The molecule has 1 amide bonds. The highest BCUT2D eigenvalue weighted by molar-refractivity contribution is 8.00. The van der Waals surface area contributed by atoms with Crippen molar-refractivity contribution in [2.45, 2.75) is 37.0 Å². The monoisotopic (exact) mass is 442 g/mol. The highest BCUT2D eigenvalue weighted by atomic mass is 35.5. The van der Waals surface area contributed by atoms with Crippen LogP contribution in [0, 0.1) is 11.3 Å². The standard InChI is InChI=1S/C21H19ClN4OS2/c1-3-6-15-10-9-14(11-23)20(24-15)29-13(2)19(27)26-21-25-18(12-28-21)16-7-4-5-8-17(16)22/h4-5,7-10,12-13H,3,6H2,1-2H3,(H,25,26,27). The summed E-state index contributed by atoms with van der Waals surface area (Å²) in [6, 6.07) is 13.2. The van der Waals surface area contributed by atoms with Crippen molar-refractivity contribution in [3.63, 3.8) is 0 Å². The van der Waals surface area contributed by atoms with Gasteiger partial charge < -0.3 is 5.32 Å². The van der Waals surface area contributed by atoms with E-state index in [1.165, 1.54) is 23.1 Å². The molecule has 29 heavy (non-hydrogen) atoms. The number of hydrogen-bond acceptors (Lipinski definition) is 6. The maximum absolute atomic E-state index is 12.6. The van der Waals surface area contributed by atoms with Crippen LogP contribution in [0.4, 0.5) is 5.13 Å². The Morgan fingerprint density at radius 2 is 2.10 bits per heavy atom. The number of nitrogens with zero attached hydrogens (tertiary/aromatic N) is 3. The maximum atomic E-state index is 12.6. The number of pyridine rings is 1. The highest BCUT2D eigenvalue weighted by Crippen LogP contribution is 2.31. The summed E-state index contributed by atoms with van der Waals surface area (Å²) < 4.78 is 0. The van der Waals surface area contributed by atoms with Crippen molar-refractivity contribution >= 4 is 45.7 Å². The van der Waals surface area contributed by atoms with E-state index < -0.39 is 5.25 Å². The summed E-state index contributed by atoms with van der Waals surface area (Å²) in [4.78, 5) is 21.7. The van der Waals surface area contributed by atoms with Gasteiger partial charge in [0.25, 0.3) is 0 Å². The van der Waals surface area contributed by atoms with Gasteiger partial charge in [-0.1, -0.05) is 54.9 Å². The van der Waals surface area contributed by atoms with Gasteiger partial charge in [-0.3, -0.25) is 4.79 Å². The molecule has 1 atom stereocenters. The Labute approximate surface area is 183 Å². The Hall–Kier alpha value is -2.40. The number of hydrogen-bond donors (Lipinski definition) is 1. The van der Waals surface area contributed by atoms with Crippen LogP contribution in [0.15, 0.2) is 46.8 Å². The lowest BCUT2D eigenvalue weighted by molar-refractivity contribution is -0.115. The number of nitriles is 1. The lowest BCUT2D eigenvalue weighted by Crippen LogP contribution is -2.22. The molecule has 8 heteroatoms. The van der Waals surface area contributed by atoms with Crippen molar-refractivity contribution in [3.05, 3.63) is 58.1 Å². The Morgan fingerprint density at radius 1 is 1.31 bits per heavy atom. The van der Waals surface area contributed by atoms with Crippen LogP contribution in [0.1, 0.15) is 31.5 Å². The summed E-state index contributed by atoms with van der Waals surface area (Å²) in [6.07, 6.45) is 1.81. The number of thiazole rings is 1. The van der Waals surface area contributed by atoms with Crippen LogP contribution in [0.2, 0.25) is 5.02 Å². The van der Waals surface area contributed by atoms with Gasteiger partial charge in [-0.05, 0) is 31.5 Å². The third-order valence-corrected chi connectivity index (χ3v) is 6.28. The first-order valence-corrected chi connectivity index (χ1v) is 11.2. The number of halogens is 1. The van der Waals surface area contributed by atoms with Gasteiger partial charge in [-0.15, -0.1) is 11.3 Å². The molecule has 0 aliphatic heterocycles. The molecular weight excluding hydrogens is 424 g/mol. The van der Waals surface area contributed by atoms with Crippen molar-refractivity contribution in [1.29, 1.82) is 5.26 Å². The summed E-state index contributed by atoms with van der Waals surface area (Å²) in [7, 11) is 0. The molecule has 3 aromatic rings. The van der Waals surface area contributed by atoms with Crippen molar-refractivity contribution in [2.24, 2.45) is 0 Å². The number of nitrogens with one attached hydrogen (secondary N) is 1. The maximum Gasteiger partial charge on any atom is 0.239 e. The zero-order valence-electron chi connectivity index (χ0n) is 16.0. The van der Waals surface area contributed by atoms with E-state index in [2.05, 4.69) is 28.3 Å². The fraction of sp³-hybridized carbons (Fsp3) is 0.238. The molecule has 2 aromatic heterocycles. The van der Waals surface area contributed by atoms with Gasteiger partial charge in [0.2, 0.25) is 5.91 Å². The Balaban J connectivity index is 1.70. The van der Waals surface area contributed by atoms with Gasteiger partial charge in [-0.25, -0.2) is 9.97 Å². The molecule has 3 rings (SSSR count). The molecule has 0 saturated carbocycles. The number of aromatic nitrogens is 2. The number of carbonyl (C=O) groups excluding carboxylic acids is 1. The van der Waals surface area contributed by atoms with Gasteiger partial charge in [0, 0.05) is 21.7 Å². The zero-order chi connectivity index (χ0) is 20.8. The van der Waals surface area contributed by atoms with E-state index in [-0.39, 0.29) is 5.91 Å². The first-order chi connectivity index (χ1) is 14.0. The van der Waals surface area contributed by atoms with Crippen LogP contribution in [-0.2, 0) is 11.2 Å². The first-order valence-electron chi connectivity index (χ1n) is 9.09. The molecule has 0 saturated heterocycles. The predicted octanol–water partition coefficient (Wildman–Crippen LogP) is 5.80. The molecule has 5 nitrogen and oxygen atoms in total. The van der Waals surface area contributed by atoms with Gasteiger partial charge >= 0.3 is 0 Å². The smallest absolute Gasteiger partial charge is 0.239 e. The number of aryl methyl sites for hydroxylation is 1. The summed E-state index contributed by atoms with van der Waals surface area (Å²) in [6.45, 7) is 3.87. The number of rotatable bonds is 7. The topological polar surface area (TPSA) is 78.7 Å². The van der Waals surface area contributed by atoms with E-state index in [0.29, 0.717) is 20.7 Å². The third kappa shape index (κ3) is 5.36. The molecule has 1 N–H and O–H groups in total. The van der Waals surface area contributed by atoms with E-state index in [9.17, 15) is 10.1 Å². The van der Waals surface area contributed by atoms with Crippen molar-refractivity contribution < 1.29 is 4.79 Å². The van der Waals surface area contributed by atoms with E-state index in [0.717, 1.165) is 29.8 Å². The Bertz CT molecular complexity index is 1060. The lowest BCUT2D eigenvalue weighted by Gasteiger charge is -2.12. The van der Waals surface area contributed by atoms with Crippen LogP contribution in [0.25, 0.3) is 11.3 Å². The zero-order valence-corrected chi connectivity index (χ0v) is 18.4. The summed E-state index contributed by atoms with van der Waals surface area (Å²) in [5.74, 6) is -0.193. The Morgan fingerprint density at radius 3 is 2.83 bits per heavy atom. The summed E-state index contributed by atoms with van der Waals surface area (Å²) in [5.41, 5.74) is 2.94. The normalized spacial score (nSPS) is 11.7. The highest BCUT2D eigenvalue weighted by Gasteiger charge is 2.19. The fourth-order valence-corrected chi connectivity index (χ4v) is 4.46. The molecule has 1 unspecified atom stereocenters. The van der Waals surface area contributed by atoms with E-state index in [1.807, 2.05) is 29.6 Å². The SMILES string of the molecule is CCCc1ccc(C#N)c(SC(C)C(=O)Nc2nc(-c3ccccc3Cl)cs2)n1. The molecule has 0 fully saturated rings. The molecule has 0 aliphatic rings. The minimum Gasteiger partial charge on any atom is -0.301 e. The van der Waals surface area contributed by atoms with Crippen molar-refractivity contribution in [3.8, 4) is 17.3 Å². The minimum atomic E-state index is -0.431. The largest absolute Gasteiger partial charge is 0.301 e. The molecular formula is C21H19ClN4OS2. The van der Waals surface area contributed by atoms with Crippen LogP contribution in [0.3, 0.4) is 0 Å². The molecule has 0 aliphatic carbocycles. The third-order valence-electron chi connectivity index (χ3n) is 4.09. The van der Waals surface area contributed by atoms with E-state index >= 15 is 0 Å². The molecule has 0 bridgehead atoms. The number of amides is 1. The average Bonchev–Trinajstić information content (AvgIpc) is 3.17. The first kappa shape index (κ1) is 21.3. The predicted molar refractivity (Wildman–Crippen MR) is 119 cm³/mol. The van der Waals surface area contributed by atoms with Crippen LogP contribution in [-0.4, -0.2) is 21.1 Å². The fourth-order valence-electron chi connectivity index (χ4n) is 2.60. The van der Waals surface area contributed by atoms with Crippen molar-refractivity contribution in [2.75, 3.05) is 5.32 Å². The summed E-state index contributed by atoms with van der Waals surface area (Å²) >= 11 is 8.84. The number of thioether (sulfide) groups is 1. The number of carbonyl (C=O) groups is 1. The second kappa shape index (κ2) is 9.88. The molecule has 0 spiro atoms. The van der Waals surface area contributed by atoms with Gasteiger partial charge in [-0.2, -0.15) is 5.26 Å². The van der Waals surface area contributed by atoms with Gasteiger partial charge in [0.05, 0.1) is 16.5 Å². The molecule has 2 heterocycles. The molecule has 0 radical (unpaired) electrons. The second-order valence-corrected chi connectivity index (χ2v) is 8.88. The van der Waals surface area contributed by atoms with Crippen LogP contribution in [0.5, 0.6) is 0 Å². The average molecular weight is 443 g/mol.